The first-order valence-corrected chi connectivity index (χ1v) is 6.15. The van der Waals surface area contributed by atoms with Crippen LogP contribution >= 0.6 is 0 Å². The molecular formula is C15H13F2NO2. The summed E-state index contributed by atoms with van der Waals surface area (Å²) >= 11 is 0. The van der Waals surface area contributed by atoms with E-state index in [1.807, 2.05) is 6.92 Å². The van der Waals surface area contributed by atoms with Crippen LogP contribution in [0.15, 0.2) is 36.7 Å². The van der Waals surface area contributed by atoms with Gasteiger partial charge >= 0.3 is 0 Å². The highest BCUT2D eigenvalue weighted by atomic mass is 19.2. The van der Waals surface area contributed by atoms with Gasteiger partial charge < -0.3 is 4.74 Å². The van der Waals surface area contributed by atoms with E-state index in [0.29, 0.717) is 17.9 Å². The first-order valence-electron chi connectivity index (χ1n) is 6.15. The summed E-state index contributed by atoms with van der Waals surface area (Å²) in [5, 5.41) is 0. The number of rotatable bonds is 5. The van der Waals surface area contributed by atoms with Crippen molar-refractivity contribution in [2.45, 2.75) is 13.3 Å². The molecule has 1 heterocycles. The topological polar surface area (TPSA) is 39.2 Å². The molecule has 0 aliphatic heterocycles. The minimum Gasteiger partial charge on any atom is -0.492 e. The summed E-state index contributed by atoms with van der Waals surface area (Å²) in [4.78, 5) is 15.9. The molecule has 0 bridgehead atoms. The minimum absolute atomic E-state index is 0.0248. The lowest BCUT2D eigenvalue weighted by Crippen LogP contribution is -2.07. The molecule has 0 saturated heterocycles. The van der Waals surface area contributed by atoms with Crippen LogP contribution in [0.25, 0.3) is 0 Å². The summed E-state index contributed by atoms with van der Waals surface area (Å²) in [6.45, 7) is 2.27. The van der Waals surface area contributed by atoms with Crippen LogP contribution in [0.4, 0.5) is 8.78 Å². The molecule has 1 aromatic carbocycles. The number of hydrogen-bond acceptors (Lipinski definition) is 3. The van der Waals surface area contributed by atoms with Gasteiger partial charge in [-0.05, 0) is 24.6 Å². The molecule has 3 nitrogen and oxygen atoms in total. The number of aromatic nitrogens is 1. The number of carbonyl (C=O) groups is 1. The number of ether oxygens (including phenoxy) is 1. The van der Waals surface area contributed by atoms with Crippen molar-refractivity contribution in [3.63, 3.8) is 0 Å². The van der Waals surface area contributed by atoms with Crippen LogP contribution in [0, 0.1) is 11.6 Å². The molecule has 0 amide bonds. The predicted molar refractivity (Wildman–Crippen MR) is 69.8 cm³/mol. The van der Waals surface area contributed by atoms with Crippen LogP contribution in [0.3, 0.4) is 0 Å². The maximum atomic E-state index is 13.5. The first kappa shape index (κ1) is 14.1. The Labute approximate surface area is 115 Å². The minimum atomic E-state index is -0.991. The van der Waals surface area contributed by atoms with Gasteiger partial charge in [-0.3, -0.25) is 9.78 Å². The van der Waals surface area contributed by atoms with Crippen molar-refractivity contribution in [3.05, 3.63) is 59.4 Å². The summed E-state index contributed by atoms with van der Waals surface area (Å²) in [7, 11) is 0. The number of Topliss-reactive ketones (excluding diaryl/α,β-unsaturated/α-hetero) is 1. The summed E-state index contributed by atoms with van der Waals surface area (Å²) in [5.74, 6) is -1.83. The molecule has 5 heteroatoms. The number of hydrogen-bond donors (Lipinski definition) is 0. The average Bonchev–Trinajstić information content (AvgIpc) is 2.44. The van der Waals surface area contributed by atoms with Gasteiger partial charge in [-0.1, -0.05) is 12.1 Å². The number of benzene rings is 1. The molecule has 0 saturated carbocycles. The van der Waals surface area contributed by atoms with Gasteiger partial charge in [0.1, 0.15) is 5.75 Å². The van der Waals surface area contributed by atoms with E-state index in [1.165, 1.54) is 30.6 Å². The molecule has 0 aliphatic carbocycles. The van der Waals surface area contributed by atoms with Gasteiger partial charge in [0, 0.05) is 18.2 Å². The van der Waals surface area contributed by atoms with Gasteiger partial charge in [0.2, 0.25) is 0 Å². The third kappa shape index (κ3) is 3.17. The fourth-order valence-electron chi connectivity index (χ4n) is 1.78. The van der Waals surface area contributed by atoms with Crippen LogP contribution in [0.2, 0.25) is 0 Å². The summed E-state index contributed by atoms with van der Waals surface area (Å²) < 4.78 is 31.8. The van der Waals surface area contributed by atoms with Gasteiger partial charge in [0.15, 0.2) is 17.4 Å². The molecule has 0 fully saturated rings. The fourth-order valence-corrected chi connectivity index (χ4v) is 1.78. The Morgan fingerprint density at radius 2 is 2.10 bits per heavy atom. The zero-order valence-corrected chi connectivity index (χ0v) is 10.9. The Morgan fingerprint density at radius 1 is 1.30 bits per heavy atom. The lowest BCUT2D eigenvalue weighted by atomic mass is 10.0. The molecule has 2 rings (SSSR count). The highest BCUT2D eigenvalue weighted by molar-refractivity contribution is 5.97. The molecule has 0 N–H and O–H groups in total. The molecule has 0 unspecified atom stereocenters. The molecule has 0 spiro atoms. The van der Waals surface area contributed by atoms with Crippen molar-refractivity contribution in [2.75, 3.05) is 6.61 Å². The Morgan fingerprint density at radius 3 is 2.85 bits per heavy atom. The molecule has 104 valence electrons. The van der Waals surface area contributed by atoms with E-state index in [-0.39, 0.29) is 17.8 Å². The van der Waals surface area contributed by atoms with Crippen molar-refractivity contribution in [2.24, 2.45) is 0 Å². The van der Waals surface area contributed by atoms with Crippen molar-refractivity contribution >= 4 is 5.78 Å². The van der Waals surface area contributed by atoms with Crippen LogP contribution in [-0.4, -0.2) is 17.4 Å². The second kappa shape index (κ2) is 6.23. The van der Waals surface area contributed by atoms with Crippen molar-refractivity contribution < 1.29 is 18.3 Å². The highest BCUT2D eigenvalue weighted by Crippen LogP contribution is 2.16. The standard InChI is InChI=1S/C15H13F2NO2/c1-2-20-12-6-11(8-18-9-12)14(19)7-10-4-3-5-13(16)15(10)17/h3-6,8-9H,2,7H2,1H3. The van der Waals surface area contributed by atoms with E-state index in [2.05, 4.69) is 4.98 Å². The van der Waals surface area contributed by atoms with E-state index < -0.39 is 11.6 Å². The van der Waals surface area contributed by atoms with Crippen LogP contribution < -0.4 is 4.74 Å². The maximum Gasteiger partial charge on any atom is 0.169 e. The highest BCUT2D eigenvalue weighted by Gasteiger charge is 2.14. The monoisotopic (exact) mass is 277 g/mol. The zero-order valence-electron chi connectivity index (χ0n) is 10.9. The Bertz CT molecular complexity index is 629. The van der Waals surface area contributed by atoms with Crippen LogP contribution in [-0.2, 0) is 6.42 Å². The van der Waals surface area contributed by atoms with E-state index in [9.17, 15) is 13.6 Å². The van der Waals surface area contributed by atoms with Gasteiger partial charge in [-0.15, -0.1) is 0 Å². The lowest BCUT2D eigenvalue weighted by molar-refractivity contribution is 0.0991. The number of halogens is 2. The fraction of sp³-hybridized carbons (Fsp3) is 0.200. The quantitative estimate of drug-likeness (QED) is 0.788. The molecular weight excluding hydrogens is 264 g/mol. The number of pyridine rings is 1. The Hall–Kier alpha value is -2.30. The van der Waals surface area contributed by atoms with E-state index >= 15 is 0 Å². The second-order valence-corrected chi connectivity index (χ2v) is 4.16. The molecule has 1 aromatic heterocycles. The first-order chi connectivity index (χ1) is 9.61. The van der Waals surface area contributed by atoms with E-state index in [1.54, 1.807) is 0 Å². The third-order valence-corrected chi connectivity index (χ3v) is 2.73. The molecule has 0 aliphatic rings. The predicted octanol–water partition coefficient (Wildman–Crippen LogP) is 3.18. The molecule has 0 atom stereocenters. The van der Waals surface area contributed by atoms with Crippen LogP contribution in [0.5, 0.6) is 5.75 Å². The second-order valence-electron chi connectivity index (χ2n) is 4.16. The van der Waals surface area contributed by atoms with Gasteiger partial charge in [0.25, 0.3) is 0 Å². The Kier molecular flexibility index (Phi) is 4.40. The summed E-state index contributed by atoms with van der Waals surface area (Å²) in [5.41, 5.74) is 0.330. The lowest BCUT2D eigenvalue weighted by Gasteiger charge is -2.06. The molecule has 0 radical (unpaired) electrons. The maximum absolute atomic E-state index is 13.5. The number of carbonyl (C=O) groups excluding carboxylic acids is 1. The Balaban J connectivity index is 2.19. The van der Waals surface area contributed by atoms with Crippen molar-refractivity contribution in [3.8, 4) is 5.75 Å². The molecule has 2 aromatic rings. The SMILES string of the molecule is CCOc1cncc(C(=O)Cc2cccc(F)c2F)c1. The van der Waals surface area contributed by atoms with E-state index in [0.717, 1.165) is 6.07 Å². The van der Waals surface area contributed by atoms with Gasteiger partial charge in [-0.2, -0.15) is 0 Å². The van der Waals surface area contributed by atoms with Crippen molar-refractivity contribution in [1.29, 1.82) is 0 Å². The summed E-state index contributed by atoms with van der Waals surface area (Å²) in [6.07, 6.45) is 2.64. The summed E-state index contributed by atoms with van der Waals surface area (Å²) in [6, 6.07) is 5.31. The average molecular weight is 277 g/mol. The number of ketones is 1. The van der Waals surface area contributed by atoms with Crippen molar-refractivity contribution in [1.82, 2.24) is 4.98 Å². The molecule has 20 heavy (non-hydrogen) atoms. The normalized spacial score (nSPS) is 10.3. The van der Waals surface area contributed by atoms with Gasteiger partial charge in [-0.25, -0.2) is 8.78 Å². The smallest absolute Gasteiger partial charge is 0.169 e. The third-order valence-electron chi connectivity index (χ3n) is 2.73. The largest absolute Gasteiger partial charge is 0.492 e. The zero-order chi connectivity index (χ0) is 14.5. The number of nitrogens with zero attached hydrogens (tertiary/aromatic N) is 1. The van der Waals surface area contributed by atoms with E-state index in [4.69, 9.17) is 4.74 Å². The van der Waals surface area contributed by atoms with Crippen LogP contribution in [0.1, 0.15) is 22.8 Å². The van der Waals surface area contributed by atoms with Gasteiger partial charge in [0.05, 0.1) is 12.8 Å².